The maximum Gasteiger partial charge on any atom is 0.329 e. The Morgan fingerprint density at radius 1 is 1.00 bits per heavy atom. The first-order valence-corrected chi connectivity index (χ1v) is 22.6. The van der Waals surface area contributed by atoms with Crippen molar-refractivity contribution in [3.05, 3.63) is 93.2 Å². The lowest BCUT2D eigenvalue weighted by molar-refractivity contribution is -0.135. The predicted molar refractivity (Wildman–Crippen MR) is 232 cm³/mol. The van der Waals surface area contributed by atoms with Gasteiger partial charge in [0.1, 0.15) is 6.04 Å². The van der Waals surface area contributed by atoms with Crippen LogP contribution in [-0.4, -0.2) is 83.6 Å². The minimum Gasteiger partial charge on any atom is -0.371 e. The first-order chi connectivity index (χ1) is 28.7. The number of fused-ring (bicyclic) bond motifs is 1. The van der Waals surface area contributed by atoms with Crippen LogP contribution < -0.4 is 31.9 Å². The van der Waals surface area contributed by atoms with Crippen LogP contribution in [0.5, 0.6) is 0 Å². The van der Waals surface area contributed by atoms with E-state index in [2.05, 4.69) is 43.3 Å². The van der Waals surface area contributed by atoms with Gasteiger partial charge in [-0.05, 0) is 101 Å². The molecular formula is C43H50N8O7S2. The molecule has 2 aromatic heterocycles. The fraction of sp³-hybridized carbons (Fsp3) is 0.395. The number of nitrogens with one attached hydrogen (secondary N) is 4. The SMILES string of the molecule is Cc1ccc(C(=O)NCC(=O)Nc2nc(-c3cccc(N4CCC(NCCCc5cccc6c5n(C)c(=O)n6C5CCC(=O)NC5=O)CC4)c3)cs2)cc1S(=O)(=O)C(C)C. The number of benzene rings is 3. The Balaban J connectivity index is 0.874. The second-order valence-electron chi connectivity index (χ2n) is 15.7. The van der Waals surface area contributed by atoms with Crippen molar-refractivity contribution in [2.45, 2.75) is 81.5 Å². The lowest BCUT2D eigenvalue weighted by atomic mass is 10.0. The van der Waals surface area contributed by atoms with Crippen molar-refractivity contribution in [2.24, 2.45) is 7.05 Å². The third-order valence-corrected chi connectivity index (χ3v) is 14.4. The molecule has 2 fully saturated rings. The van der Waals surface area contributed by atoms with E-state index in [1.807, 2.05) is 35.7 Å². The van der Waals surface area contributed by atoms with Crippen LogP contribution in [0.15, 0.2) is 75.7 Å². The molecule has 4 heterocycles. The smallest absolute Gasteiger partial charge is 0.329 e. The summed E-state index contributed by atoms with van der Waals surface area (Å²) in [5.41, 5.74) is 5.75. The molecular weight excluding hydrogens is 805 g/mol. The first kappa shape index (κ1) is 42.5. The average Bonchev–Trinajstić information content (AvgIpc) is 3.80. The molecule has 2 aliphatic heterocycles. The van der Waals surface area contributed by atoms with E-state index in [1.54, 1.807) is 38.5 Å². The van der Waals surface area contributed by atoms with Crippen LogP contribution in [0.3, 0.4) is 0 Å². The van der Waals surface area contributed by atoms with Crippen LogP contribution in [0.4, 0.5) is 10.8 Å². The number of anilines is 2. The second-order valence-corrected chi connectivity index (χ2v) is 19.0. The summed E-state index contributed by atoms with van der Waals surface area (Å²) in [7, 11) is -1.85. The maximum absolute atomic E-state index is 13.3. The molecule has 3 aromatic carbocycles. The number of rotatable bonds is 14. The number of para-hydroxylation sites is 1. The van der Waals surface area contributed by atoms with Crippen molar-refractivity contribution in [3.63, 3.8) is 0 Å². The van der Waals surface area contributed by atoms with Crippen LogP contribution in [0.2, 0.25) is 0 Å². The van der Waals surface area contributed by atoms with Crippen molar-refractivity contribution < 1.29 is 27.6 Å². The summed E-state index contributed by atoms with van der Waals surface area (Å²) in [6.07, 6.45) is 4.12. The van der Waals surface area contributed by atoms with Gasteiger partial charge in [0.15, 0.2) is 15.0 Å². The molecule has 2 aliphatic rings. The minimum absolute atomic E-state index is 0.101. The Morgan fingerprint density at radius 3 is 2.52 bits per heavy atom. The molecule has 0 radical (unpaired) electrons. The third kappa shape index (κ3) is 9.07. The normalized spacial score (nSPS) is 16.4. The fourth-order valence-corrected chi connectivity index (χ4v) is 9.98. The lowest BCUT2D eigenvalue weighted by Gasteiger charge is -2.34. The molecule has 60 heavy (non-hydrogen) atoms. The number of nitrogens with zero attached hydrogens (tertiary/aromatic N) is 4. The summed E-state index contributed by atoms with van der Waals surface area (Å²) in [5.74, 6) is -1.76. The molecule has 316 valence electrons. The van der Waals surface area contributed by atoms with Crippen LogP contribution in [0.25, 0.3) is 22.3 Å². The van der Waals surface area contributed by atoms with Gasteiger partial charge in [0.2, 0.25) is 17.7 Å². The van der Waals surface area contributed by atoms with Gasteiger partial charge in [-0.25, -0.2) is 18.2 Å². The molecule has 4 amide bonds. The number of piperidine rings is 2. The molecule has 4 N–H and O–H groups in total. The Bertz CT molecular complexity index is 2620. The highest BCUT2D eigenvalue weighted by atomic mass is 32.2. The number of carbonyl (C=O) groups excluding carboxylic acids is 4. The van der Waals surface area contributed by atoms with Gasteiger partial charge in [-0.3, -0.25) is 33.6 Å². The van der Waals surface area contributed by atoms with Crippen molar-refractivity contribution in [1.82, 2.24) is 30.1 Å². The average molecular weight is 855 g/mol. The number of aryl methyl sites for hydroxylation is 3. The molecule has 17 heteroatoms. The number of imidazole rings is 1. The highest BCUT2D eigenvalue weighted by molar-refractivity contribution is 7.92. The number of amides is 4. The monoisotopic (exact) mass is 854 g/mol. The Labute approximate surface area is 352 Å². The molecule has 0 spiro atoms. The topological polar surface area (TPSA) is 194 Å². The number of hydrogen-bond donors (Lipinski definition) is 4. The largest absolute Gasteiger partial charge is 0.371 e. The lowest BCUT2D eigenvalue weighted by Crippen LogP contribution is -2.44. The number of carbonyl (C=O) groups is 4. The molecule has 1 unspecified atom stereocenters. The van der Waals surface area contributed by atoms with Crippen LogP contribution in [0, 0.1) is 6.92 Å². The van der Waals surface area contributed by atoms with Gasteiger partial charge >= 0.3 is 5.69 Å². The van der Waals surface area contributed by atoms with E-state index in [1.165, 1.54) is 28.0 Å². The standard InChI is InChI=1S/C43H50N8O7S2/c1-26(2)60(57,58)36-23-30(14-13-27(36)3)40(54)45-24-38(53)48-42-46-33(25-59-42)29-9-5-11-32(22-29)50-20-17-31(18-21-50)44-19-7-10-28-8-6-12-34-39(28)49(4)43(56)51(34)35-15-16-37(52)47-41(35)55/h5-6,8-9,11-14,22-23,25-26,31,35,44H,7,10,15-21,24H2,1-4H3,(H,45,54)(H,46,48,53)(H,47,52,55). The zero-order chi connectivity index (χ0) is 42.7. The zero-order valence-electron chi connectivity index (χ0n) is 34.1. The highest BCUT2D eigenvalue weighted by Gasteiger charge is 2.32. The first-order valence-electron chi connectivity index (χ1n) is 20.2. The molecule has 0 aliphatic carbocycles. The van der Waals surface area contributed by atoms with Crippen molar-refractivity contribution in [3.8, 4) is 11.3 Å². The minimum atomic E-state index is -3.58. The van der Waals surface area contributed by atoms with E-state index in [0.717, 1.165) is 73.3 Å². The summed E-state index contributed by atoms with van der Waals surface area (Å²) in [6, 6.07) is 18.1. The van der Waals surface area contributed by atoms with E-state index in [0.29, 0.717) is 28.7 Å². The van der Waals surface area contributed by atoms with Gasteiger partial charge in [-0.1, -0.05) is 30.3 Å². The quantitative estimate of drug-likeness (QED) is 0.0914. The molecule has 7 rings (SSSR count). The van der Waals surface area contributed by atoms with E-state index in [4.69, 9.17) is 0 Å². The molecule has 2 saturated heterocycles. The predicted octanol–water partition coefficient (Wildman–Crippen LogP) is 4.49. The van der Waals surface area contributed by atoms with Gasteiger partial charge in [-0.2, -0.15) is 0 Å². The molecule has 15 nitrogen and oxygen atoms in total. The number of thiazole rings is 1. The van der Waals surface area contributed by atoms with Crippen LogP contribution in [0.1, 0.15) is 73.5 Å². The van der Waals surface area contributed by atoms with Gasteiger partial charge < -0.3 is 20.9 Å². The van der Waals surface area contributed by atoms with Gasteiger partial charge in [0, 0.05) is 54.8 Å². The van der Waals surface area contributed by atoms with Crippen molar-refractivity contribution >= 4 is 66.7 Å². The molecule has 0 bridgehead atoms. The summed E-state index contributed by atoms with van der Waals surface area (Å²) in [6.45, 7) is 7.15. The van der Waals surface area contributed by atoms with E-state index < -0.39 is 38.9 Å². The van der Waals surface area contributed by atoms with E-state index in [9.17, 15) is 32.4 Å². The molecule has 0 saturated carbocycles. The van der Waals surface area contributed by atoms with Crippen molar-refractivity contribution in [2.75, 3.05) is 36.4 Å². The third-order valence-electron chi connectivity index (χ3n) is 11.3. The zero-order valence-corrected chi connectivity index (χ0v) is 35.8. The Kier molecular flexibility index (Phi) is 12.7. The summed E-state index contributed by atoms with van der Waals surface area (Å²) in [5, 5.41) is 13.0. The van der Waals surface area contributed by atoms with Crippen molar-refractivity contribution in [1.29, 1.82) is 0 Å². The summed E-state index contributed by atoms with van der Waals surface area (Å²) >= 11 is 1.29. The number of imide groups is 1. The van der Waals surface area contributed by atoms with E-state index in [-0.39, 0.29) is 35.0 Å². The second kappa shape index (κ2) is 17.9. The molecule has 5 aromatic rings. The van der Waals surface area contributed by atoms with Gasteiger partial charge in [-0.15, -0.1) is 11.3 Å². The van der Waals surface area contributed by atoms with Gasteiger partial charge in [0.05, 0.1) is 33.4 Å². The number of sulfone groups is 1. The van der Waals surface area contributed by atoms with Gasteiger partial charge in [0.25, 0.3) is 5.91 Å². The summed E-state index contributed by atoms with van der Waals surface area (Å²) in [4.78, 5) is 70.3. The fourth-order valence-electron chi connectivity index (χ4n) is 7.93. The number of hydrogen-bond acceptors (Lipinski definition) is 11. The molecule has 1 atom stereocenters. The summed E-state index contributed by atoms with van der Waals surface area (Å²) < 4.78 is 28.6. The van der Waals surface area contributed by atoms with Crippen LogP contribution >= 0.6 is 11.3 Å². The number of aromatic nitrogens is 3. The Morgan fingerprint density at radius 2 is 1.77 bits per heavy atom. The Hall–Kier alpha value is -5.65. The van der Waals surface area contributed by atoms with E-state index >= 15 is 0 Å². The van der Waals surface area contributed by atoms with Crippen LogP contribution in [-0.2, 0) is 37.7 Å². The maximum atomic E-state index is 13.3. The highest BCUT2D eigenvalue weighted by Crippen LogP contribution is 2.30.